The van der Waals surface area contributed by atoms with E-state index in [9.17, 15) is 13.2 Å². The number of hydrogen-bond acceptors (Lipinski definition) is 8. The van der Waals surface area contributed by atoms with E-state index in [0.29, 0.717) is 53.1 Å². The number of hydrogen-bond donors (Lipinski definition) is 1. The van der Waals surface area contributed by atoms with Crippen molar-refractivity contribution >= 4 is 35.2 Å². The number of nitrogens with one attached hydrogen (secondary N) is 1. The number of ether oxygens (including phenoxy) is 1. The van der Waals surface area contributed by atoms with E-state index < -0.39 is 15.9 Å². The van der Waals surface area contributed by atoms with Crippen molar-refractivity contribution in [2.75, 3.05) is 18.1 Å². The number of sulfonamides is 1. The van der Waals surface area contributed by atoms with Gasteiger partial charge in [-0.25, -0.2) is 22.8 Å². The predicted molar refractivity (Wildman–Crippen MR) is 166 cm³/mol. The van der Waals surface area contributed by atoms with Gasteiger partial charge in [-0.2, -0.15) is 18.6 Å². The first-order chi connectivity index (χ1) is 19.9. The molecule has 3 aliphatic carbocycles. The highest BCUT2D eigenvalue weighted by Crippen LogP contribution is 2.93. The molecule has 2 spiro atoms. The molecule has 43 heavy (non-hydrogen) atoms. The summed E-state index contributed by atoms with van der Waals surface area (Å²) in [5, 5.41) is 8.72. The average molecular weight is 628 g/mol. The van der Waals surface area contributed by atoms with Gasteiger partial charge in [-0.1, -0.05) is 6.92 Å². The van der Waals surface area contributed by atoms with Crippen LogP contribution < -0.4 is 14.4 Å². The molecule has 4 heterocycles. The molecule has 7 rings (SSSR count). The number of pyridine rings is 1. The lowest BCUT2D eigenvalue weighted by Crippen LogP contribution is -2.41. The van der Waals surface area contributed by atoms with Crippen LogP contribution in [0.1, 0.15) is 75.3 Å². The molecular weight excluding hydrogens is 587 g/mol. The lowest BCUT2D eigenvalue weighted by molar-refractivity contribution is 0.0981. The molecule has 3 aromatic rings. The zero-order chi connectivity index (χ0) is 29.7. The van der Waals surface area contributed by atoms with Gasteiger partial charge in [0.1, 0.15) is 10.7 Å². The van der Waals surface area contributed by atoms with Gasteiger partial charge in [0.15, 0.2) is 5.82 Å². The Morgan fingerprint density at radius 3 is 2.40 bits per heavy atom. The fourth-order valence-corrected chi connectivity index (χ4v) is 9.32. The minimum Gasteiger partial charge on any atom is -0.477 e. The molecule has 232 valence electrons. The van der Waals surface area contributed by atoms with E-state index in [0.717, 1.165) is 18.8 Å². The van der Waals surface area contributed by atoms with Crippen LogP contribution in [0, 0.1) is 29.6 Å². The summed E-state index contributed by atoms with van der Waals surface area (Å²) in [5.41, 5.74) is 1.55. The number of aryl methyl sites for hydroxylation is 2. The summed E-state index contributed by atoms with van der Waals surface area (Å²) in [4.78, 5) is 20.5. The molecular formula is C30H41N7O4S2. The Balaban J connectivity index is 0.00000329. The summed E-state index contributed by atoms with van der Waals surface area (Å²) in [6.07, 6.45) is 10.8. The van der Waals surface area contributed by atoms with Gasteiger partial charge in [-0.15, -0.1) is 5.10 Å². The van der Waals surface area contributed by atoms with Crippen molar-refractivity contribution < 1.29 is 17.9 Å². The summed E-state index contributed by atoms with van der Waals surface area (Å²) in [6, 6.07) is 5.14. The van der Waals surface area contributed by atoms with Crippen molar-refractivity contribution in [3.8, 4) is 11.7 Å². The third kappa shape index (κ3) is 4.92. The maximum Gasteiger partial charge on any atom is 0.268 e. The maximum atomic E-state index is 13.5. The highest BCUT2D eigenvalue weighted by Gasteiger charge is 2.85. The molecule has 4 fully saturated rings. The highest BCUT2D eigenvalue weighted by molar-refractivity contribution is 7.90. The summed E-state index contributed by atoms with van der Waals surface area (Å²) in [7, 11) is -2.50. The van der Waals surface area contributed by atoms with Crippen molar-refractivity contribution in [2.24, 2.45) is 29.7 Å². The standard InChI is InChI=1S/C30H39N7O4S.H2S/c1-19-16-28(3,4)36(17-19)26-21(27(38)34-42(39,40)22-18-35(5)32-20(22)2)6-7-24(31-26)37-14-8-25(33-37)41-15-9-23-29(10-11-29)30(23)12-13-30;/h6-8,14,18-19,23H,9-13,15-17H2,1-5H3,(H,34,38);1H2/t19-;/m0./s1. The van der Waals surface area contributed by atoms with Crippen LogP contribution in [0.15, 0.2) is 35.5 Å². The molecule has 1 saturated heterocycles. The molecule has 0 radical (unpaired) electrons. The molecule has 0 unspecified atom stereocenters. The van der Waals surface area contributed by atoms with Gasteiger partial charge < -0.3 is 9.64 Å². The first kappa shape index (κ1) is 30.0. The van der Waals surface area contributed by atoms with Gasteiger partial charge in [-0.3, -0.25) is 9.48 Å². The molecule has 1 N–H and O–H groups in total. The van der Waals surface area contributed by atoms with E-state index in [4.69, 9.17) is 9.72 Å². The zero-order valence-electron chi connectivity index (χ0n) is 25.4. The van der Waals surface area contributed by atoms with E-state index in [2.05, 4.69) is 40.6 Å². The van der Waals surface area contributed by atoms with Crippen LogP contribution in [-0.4, -0.2) is 57.6 Å². The van der Waals surface area contributed by atoms with E-state index in [1.807, 2.05) is 6.07 Å². The first-order valence-corrected chi connectivity index (χ1v) is 16.4. The minimum absolute atomic E-state index is 0. The van der Waals surface area contributed by atoms with Crippen molar-refractivity contribution in [3.63, 3.8) is 0 Å². The SMILES string of the molecule is Cc1nn(C)cc1S(=O)(=O)NC(=O)c1ccc(-n2ccc(OCCC3C4(CC4)C34CC4)n2)nc1N1C[C@@H](C)CC1(C)C.S. The molecule has 3 saturated carbocycles. The number of nitrogens with zero attached hydrogens (tertiary/aromatic N) is 6. The van der Waals surface area contributed by atoms with Crippen molar-refractivity contribution in [2.45, 2.75) is 76.7 Å². The summed E-state index contributed by atoms with van der Waals surface area (Å²) in [5.74, 6) is 1.95. The molecule has 0 bridgehead atoms. The van der Waals surface area contributed by atoms with Crippen molar-refractivity contribution in [3.05, 3.63) is 41.9 Å². The van der Waals surface area contributed by atoms with Gasteiger partial charge in [-0.05, 0) is 94.1 Å². The lowest BCUT2D eigenvalue weighted by Gasteiger charge is -2.34. The number of carbonyl (C=O) groups excluding carboxylic acids is 1. The Bertz CT molecular complexity index is 1670. The normalized spacial score (nSPS) is 22.4. The second-order valence-electron chi connectivity index (χ2n) is 13.6. The van der Waals surface area contributed by atoms with Gasteiger partial charge in [0.05, 0.1) is 17.9 Å². The fourth-order valence-electron chi connectivity index (χ4n) is 8.13. The Kier molecular flexibility index (Phi) is 6.96. The number of amides is 1. The van der Waals surface area contributed by atoms with Crippen LogP contribution in [0.4, 0.5) is 5.82 Å². The third-order valence-corrected chi connectivity index (χ3v) is 11.6. The molecule has 0 aromatic carbocycles. The predicted octanol–water partition coefficient (Wildman–Crippen LogP) is 4.12. The monoisotopic (exact) mass is 627 g/mol. The molecule has 1 aliphatic heterocycles. The largest absolute Gasteiger partial charge is 0.477 e. The number of fused-ring (bicyclic) bond motifs is 1. The Morgan fingerprint density at radius 1 is 1.12 bits per heavy atom. The van der Waals surface area contributed by atoms with E-state index in [-0.39, 0.29) is 29.5 Å². The lowest BCUT2D eigenvalue weighted by atomic mass is 9.97. The fraction of sp³-hybridized carbons (Fsp3) is 0.600. The van der Waals surface area contributed by atoms with Crippen LogP contribution in [0.5, 0.6) is 5.88 Å². The smallest absolute Gasteiger partial charge is 0.268 e. The van der Waals surface area contributed by atoms with E-state index >= 15 is 0 Å². The molecule has 1 amide bonds. The van der Waals surface area contributed by atoms with Gasteiger partial charge in [0, 0.05) is 37.6 Å². The van der Waals surface area contributed by atoms with Crippen LogP contribution in [0.2, 0.25) is 0 Å². The summed E-state index contributed by atoms with van der Waals surface area (Å²) >= 11 is 0. The van der Waals surface area contributed by atoms with Crippen LogP contribution >= 0.6 is 13.5 Å². The Labute approximate surface area is 259 Å². The third-order valence-electron chi connectivity index (χ3n) is 10.2. The Hall–Kier alpha value is -3.06. The molecule has 1 atom stereocenters. The van der Waals surface area contributed by atoms with E-state index in [1.54, 1.807) is 37.0 Å². The maximum absolute atomic E-state index is 13.5. The number of rotatable bonds is 9. The summed E-state index contributed by atoms with van der Waals surface area (Å²) < 4.78 is 37.6. The van der Waals surface area contributed by atoms with Crippen LogP contribution in [-0.2, 0) is 17.1 Å². The van der Waals surface area contributed by atoms with Gasteiger partial charge >= 0.3 is 0 Å². The average Bonchev–Trinajstić information content (AvgIpc) is 3.85. The van der Waals surface area contributed by atoms with Crippen molar-refractivity contribution in [1.29, 1.82) is 0 Å². The topological polar surface area (TPSA) is 124 Å². The van der Waals surface area contributed by atoms with Crippen molar-refractivity contribution in [1.82, 2.24) is 29.3 Å². The molecule has 4 aliphatic rings. The van der Waals surface area contributed by atoms with Crippen LogP contribution in [0.25, 0.3) is 5.82 Å². The quantitative estimate of drug-likeness (QED) is 0.376. The number of aromatic nitrogens is 5. The molecule has 13 heteroatoms. The zero-order valence-corrected chi connectivity index (χ0v) is 27.2. The van der Waals surface area contributed by atoms with Gasteiger partial charge in [0.2, 0.25) is 5.88 Å². The number of carbonyl (C=O) groups is 1. The van der Waals surface area contributed by atoms with Crippen LogP contribution in [0.3, 0.4) is 0 Å². The molecule has 11 nitrogen and oxygen atoms in total. The summed E-state index contributed by atoms with van der Waals surface area (Å²) in [6.45, 7) is 9.33. The number of anilines is 1. The molecule has 3 aromatic heterocycles. The second-order valence-corrected chi connectivity index (χ2v) is 15.2. The van der Waals surface area contributed by atoms with E-state index in [1.165, 1.54) is 36.6 Å². The first-order valence-electron chi connectivity index (χ1n) is 14.9. The minimum atomic E-state index is -4.14. The second kappa shape index (κ2) is 9.98. The highest BCUT2D eigenvalue weighted by atomic mass is 32.2. The van der Waals surface area contributed by atoms with Gasteiger partial charge in [0.25, 0.3) is 15.9 Å². The Morgan fingerprint density at radius 2 is 1.81 bits per heavy atom.